The summed E-state index contributed by atoms with van der Waals surface area (Å²) < 4.78 is 0. The summed E-state index contributed by atoms with van der Waals surface area (Å²) in [6, 6.07) is 3.50. The minimum Gasteiger partial charge on any atom is -0.384 e. The van der Waals surface area contributed by atoms with Gasteiger partial charge < -0.3 is 10.6 Å². The number of rotatable bonds is 2. The summed E-state index contributed by atoms with van der Waals surface area (Å²) in [5, 5.41) is 7.20. The Kier molecular flexibility index (Phi) is 2.28. The van der Waals surface area contributed by atoms with Crippen molar-refractivity contribution in [3.63, 3.8) is 0 Å². The Hall–Kier alpha value is -1.58. The molecular formula is C8H12N4. The van der Waals surface area contributed by atoms with E-state index in [9.17, 15) is 0 Å². The molecule has 4 nitrogen and oxygen atoms in total. The minimum atomic E-state index is 0.0699. The second kappa shape index (κ2) is 3.21. The van der Waals surface area contributed by atoms with Crippen LogP contribution in [-0.2, 0) is 0 Å². The normalized spacial score (nSPS) is 9.50. The Morgan fingerprint density at radius 3 is 2.75 bits per heavy atom. The van der Waals surface area contributed by atoms with Crippen molar-refractivity contribution in [1.82, 2.24) is 4.98 Å². The first-order valence-electron chi connectivity index (χ1n) is 3.59. The fourth-order valence-electron chi connectivity index (χ4n) is 0.831. The van der Waals surface area contributed by atoms with Crippen LogP contribution in [0.1, 0.15) is 5.56 Å². The zero-order chi connectivity index (χ0) is 9.14. The molecule has 1 rings (SSSR count). The van der Waals surface area contributed by atoms with Crippen LogP contribution in [0.4, 0.5) is 5.82 Å². The average molecular weight is 164 g/mol. The zero-order valence-electron chi connectivity index (χ0n) is 7.20. The number of anilines is 1. The average Bonchev–Trinajstić information content (AvgIpc) is 2.04. The molecule has 0 saturated carbocycles. The lowest BCUT2D eigenvalue weighted by Gasteiger charge is -2.11. The molecule has 0 spiro atoms. The van der Waals surface area contributed by atoms with Crippen LogP contribution in [0.2, 0.25) is 0 Å². The second-order valence-corrected chi connectivity index (χ2v) is 2.71. The van der Waals surface area contributed by atoms with Crippen LogP contribution >= 0.6 is 0 Å². The summed E-state index contributed by atoms with van der Waals surface area (Å²) in [6.45, 7) is 0. The SMILES string of the molecule is CN(C)c1cc(C(=N)N)ccn1. The van der Waals surface area contributed by atoms with Gasteiger partial charge in [0.2, 0.25) is 0 Å². The smallest absolute Gasteiger partial charge is 0.128 e. The van der Waals surface area contributed by atoms with Gasteiger partial charge in [-0.3, -0.25) is 5.41 Å². The first-order chi connectivity index (χ1) is 5.61. The number of pyridine rings is 1. The molecule has 0 aliphatic carbocycles. The molecule has 3 N–H and O–H groups in total. The van der Waals surface area contributed by atoms with Crippen molar-refractivity contribution < 1.29 is 0 Å². The van der Waals surface area contributed by atoms with Gasteiger partial charge in [0.05, 0.1) is 0 Å². The first kappa shape index (κ1) is 8.52. The van der Waals surface area contributed by atoms with Crippen molar-refractivity contribution in [2.75, 3.05) is 19.0 Å². The number of nitrogens with zero attached hydrogens (tertiary/aromatic N) is 2. The summed E-state index contributed by atoms with van der Waals surface area (Å²) in [5.41, 5.74) is 6.02. The fraction of sp³-hybridized carbons (Fsp3) is 0.250. The molecule has 4 heteroatoms. The highest BCUT2D eigenvalue weighted by Crippen LogP contribution is 2.08. The molecular weight excluding hydrogens is 152 g/mol. The number of nitrogens with two attached hydrogens (primary N) is 1. The van der Waals surface area contributed by atoms with Crippen LogP contribution in [-0.4, -0.2) is 24.9 Å². The maximum Gasteiger partial charge on any atom is 0.128 e. The largest absolute Gasteiger partial charge is 0.384 e. The van der Waals surface area contributed by atoms with Gasteiger partial charge in [0.1, 0.15) is 11.7 Å². The third kappa shape index (κ3) is 1.72. The summed E-state index contributed by atoms with van der Waals surface area (Å²) in [7, 11) is 3.79. The molecule has 0 amide bonds. The van der Waals surface area contributed by atoms with Crippen LogP contribution in [0.25, 0.3) is 0 Å². The molecule has 0 aromatic carbocycles. The molecule has 0 atom stereocenters. The maximum atomic E-state index is 7.20. The topological polar surface area (TPSA) is 66.0 Å². The van der Waals surface area contributed by atoms with Crippen molar-refractivity contribution in [1.29, 1.82) is 5.41 Å². The van der Waals surface area contributed by atoms with E-state index >= 15 is 0 Å². The van der Waals surface area contributed by atoms with Gasteiger partial charge in [-0.05, 0) is 12.1 Å². The van der Waals surface area contributed by atoms with Crippen LogP contribution in [0.5, 0.6) is 0 Å². The standard InChI is InChI=1S/C8H12N4/c1-12(2)7-5-6(8(9)10)3-4-11-7/h3-5H,1-2H3,(H3,9,10). The lowest BCUT2D eigenvalue weighted by molar-refractivity contribution is 1.07. The van der Waals surface area contributed by atoms with Crippen molar-refractivity contribution in [2.24, 2.45) is 5.73 Å². The van der Waals surface area contributed by atoms with Gasteiger partial charge in [-0.2, -0.15) is 0 Å². The van der Waals surface area contributed by atoms with Gasteiger partial charge in [0.25, 0.3) is 0 Å². The van der Waals surface area contributed by atoms with E-state index in [-0.39, 0.29) is 5.84 Å². The first-order valence-corrected chi connectivity index (χ1v) is 3.59. The summed E-state index contributed by atoms with van der Waals surface area (Å²) >= 11 is 0. The van der Waals surface area contributed by atoms with E-state index in [0.717, 1.165) is 5.82 Å². The van der Waals surface area contributed by atoms with Gasteiger partial charge in [0, 0.05) is 25.9 Å². The molecule has 1 heterocycles. The summed E-state index contributed by atoms with van der Waals surface area (Å²) in [5.74, 6) is 0.878. The van der Waals surface area contributed by atoms with E-state index in [4.69, 9.17) is 11.1 Å². The Morgan fingerprint density at radius 2 is 2.25 bits per heavy atom. The maximum absolute atomic E-state index is 7.20. The summed E-state index contributed by atoms with van der Waals surface area (Å²) in [4.78, 5) is 5.96. The Bertz CT molecular complexity index is 293. The molecule has 0 saturated heterocycles. The molecule has 0 fully saturated rings. The predicted molar refractivity (Wildman–Crippen MR) is 49.6 cm³/mol. The predicted octanol–water partition coefficient (Wildman–Crippen LogP) is 0.432. The Morgan fingerprint density at radius 1 is 1.58 bits per heavy atom. The third-order valence-corrected chi connectivity index (χ3v) is 1.51. The zero-order valence-corrected chi connectivity index (χ0v) is 7.20. The highest BCUT2D eigenvalue weighted by Gasteiger charge is 1.99. The number of nitrogen functional groups attached to an aromatic ring is 1. The van der Waals surface area contributed by atoms with Crippen LogP contribution in [0.3, 0.4) is 0 Å². The molecule has 12 heavy (non-hydrogen) atoms. The summed E-state index contributed by atoms with van der Waals surface area (Å²) in [6.07, 6.45) is 1.64. The molecule has 0 radical (unpaired) electrons. The number of nitrogens with one attached hydrogen (secondary N) is 1. The third-order valence-electron chi connectivity index (χ3n) is 1.51. The molecule has 1 aromatic heterocycles. The number of amidine groups is 1. The van der Waals surface area contributed by atoms with E-state index in [2.05, 4.69) is 4.98 Å². The van der Waals surface area contributed by atoms with E-state index < -0.39 is 0 Å². The Balaban J connectivity index is 3.04. The minimum absolute atomic E-state index is 0.0699. The highest BCUT2D eigenvalue weighted by molar-refractivity contribution is 5.95. The quantitative estimate of drug-likeness (QED) is 0.492. The van der Waals surface area contributed by atoms with Crippen LogP contribution < -0.4 is 10.6 Å². The van der Waals surface area contributed by atoms with E-state index in [1.54, 1.807) is 18.3 Å². The monoisotopic (exact) mass is 164 g/mol. The van der Waals surface area contributed by atoms with E-state index in [1.165, 1.54) is 0 Å². The van der Waals surface area contributed by atoms with E-state index in [0.29, 0.717) is 5.56 Å². The molecule has 0 aliphatic rings. The highest BCUT2D eigenvalue weighted by atomic mass is 15.1. The van der Waals surface area contributed by atoms with Crippen molar-refractivity contribution in [3.05, 3.63) is 23.9 Å². The fourth-order valence-corrected chi connectivity index (χ4v) is 0.831. The van der Waals surface area contributed by atoms with Gasteiger partial charge >= 0.3 is 0 Å². The molecule has 64 valence electrons. The van der Waals surface area contributed by atoms with Crippen LogP contribution in [0, 0.1) is 5.41 Å². The van der Waals surface area contributed by atoms with Gasteiger partial charge in [-0.1, -0.05) is 0 Å². The van der Waals surface area contributed by atoms with Gasteiger partial charge in [-0.25, -0.2) is 4.98 Å². The molecule has 0 aliphatic heterocycles. The van der Waals surface area contributed by atoms with Crippen molar-refractivity contribution in [2.45, 2.75) is 0 Å². The number of aromatic nitrogens is 1. The van der Waals surface area contributed by atoms with Crippen LogP contribution in [0.15, 0.2) is 18.3 Å². The number of hydrogen-bond acceptors (Lipinski definition) is 3. The van der Waals surface area contributed by atoms with Gasteiger partial charge in [-0.15, -0.1) is 0 Å². The van der Waals surface area contributed by atoms with Crippen molar-refractivity contribution in [3.8, 4) is 0 Å². The Labute approximate surface area is 71.5 Å². The lowest BCUT2D eigenvalue weighted by atomic mass is 10.2. The molecule has 0 unspecified atom stereocenters. The lowest BCUT2D eigenvalue weighted by Crippen LogP contribution is -2.14. The molecule has 1 aromatic rings. The van der Waals surface area contributed by atoms with Gasteiger partial charge in [0.15, 0.2) is 0 Å². The number of hydrogen-bond donors (Lipinski definition) is 2. The van der Waals surface area contributed by atoms with Crippen molar-refractivity contribution >= 4 is 11.7 Å². The van der Waals surface area contributed by atoms with E-state index in [1.807, 2.05) is 19.0 Å². The second-order valence-electron chi connectivity index (χ2n) is 2.71. The molecule has 0 bridgehead atoms.